The number of nitrogens with one attached hydrogen (secondary N) is 2. The Morgan fingerprint density at radius 2 is 1.88 bits per heavy atom. The molecule has 2 fully saturated rings. The van der Waals surface area contributed by atoms with Crippen LogP contribution in [0.15, 0.2) is 41.0 Å². The maximum absolute atomic E-state index is 13.4. The molecule has 5 rings (SSSR count). The van der Waals surface area contributed by atoms with Crippen LogP contribution in [0, 0.1) is 5.92 Å². The molecule has 4 heterocycles. The topological polar surface area (TPSA) is 112 Å². The monoisotopic (exact) mass is 464 g/mol. The summed E-state index contributed by atoms with van der Waals surface area (Å²) < 4.78 is 5.45. The van der Waals surface area contributed by atoms with Gasteiger partial charge in [-0.3, -0.25) is 19.2 Å². The van der Waals surface area contributed by atoms with E-state index in [2.05, 4.69) is 10.6 Å². The number of carbonyl (C=O) groups excluding carboxylic acids is 4. The number of nitrogens with zero attached hydrogens (tertiary/aromatic N) is 2. The number of hydrogen-bond acceptors (Lipinski definition) is 5. The van der Waals surface area contributed by atoms with Crippen molar-refractivity contribution in [1.29, 1.82) is 0 Å². The Labute approximate surface area is 197 Å². The van der Waals surface area contributed by atoms with Crippen molar-refractivity contribution in [3.8, 4) is 11.3 Å². The molecule has 178 valence electrons. The molecule has 34 heavy (non-hydrogen) atoms. The molecule has 0 unspecified atom stereocenters. The third-order valence-electron chi connectivity index (χ3n) is 7.14. The molecule has 9 heteroatoms. The van der Waals surface area contributed by atoms with Crippen molar-refractivity contribution in [2.75, 3.05) is 25.0 Å². The highest BCUT2D eigenvalue weighted by Crippen LogP contribution is 2.32. The number of amides is 4. The standard InChI is InChI=1S/C25H28N4O5/c1-15(30)28-9-6-16(7-10-28)23(31)26-18-8-11-29-21(14-18)24(32)27-20-5-4-17(13-19(20)25(29)33)22-3-2-12-34-22/h2-5,12-13,16,18,21H,6-11,14H2,1H3,(H,26,31)(H,27,32)/t18-,21+/m1/s1. The van der Waals surface area contributed by atoms with Crippen LogP contribution in [0.4, 0.5) is 5.69 Å². The van der Waals surface area contributed by atoms with Crippen LogP contribution in [-0.4, -0.2) is 65.1 Å². The fraction of sp³-hybridized carbons (Fsp3) is 0.440. The zero-order chi connectivity index (χ0) is 23.8. The smallest absolute Gasteiger partial charge is 0.256 e. The Hall–Kier alpha value is -3.62. The number of rotatable bonds is 3. The van der Waals surface area contributed by atoms with Crippen molar-refractivity contribution < 1.29 is 23.6 Å². The first-order valence-electron chi connectivity index (χ1n) is 11.8. The molecular formula is C25H28N4O5. The van der Waals surface area contributed by atoms with Crippen LogP contribution < -0.4 is 10.6 Å². The van der Waals surface area contributed by atoms with Crippen molar-refractivity contribution in [3.63, 3.8) is 0 Å². The number of hydrogen-bond donors (Lipinski definition) is 2. The maximum Gasteiger partial charge on any atom is 0.256 e. The van der Waals surface area contributed by atoms with Crippen LogP contribution in [-0.2, 0) is 14.4 Å². The van der Waals surface area contributed by atoms with Gasteiger partial charge in [-0.1, -0.05) is 0 Å². The first-order valence-corrected chi connectivity index (χ1v) is 11.8. The first-order chi connectivity index (χ1) is 16.4. The van der Waals surface area contributed by atoms with Gasteiger partial charge in [-0.15, -0.1) is 0 Å². The lowest BCUT2D eigenvalue weighted by Gasteiger charge is -2.38. The summed E-state index contributed by atoms with van der Waals surface area (Å²) in [4.78, 5) is 54.2. The first kappa shape index (κ1) is 22.2. The van der Waals surface area contributed by atoms with Gasteiger partial charge in [0, 0.05) is 44.1 Å². The Morgan fingerprint density at radius 3 is 2.59 bits per heavy atom. The van der Waals surface area contributed by atoms with Gasteiger partial charge in [-0.25, -0.2) is 0 Å². The number of furan rings is 1. The highest BCUT2D eigenvalue weighted by Gasteiger charge is 2.41. The van der Waals surface area contributed by atoms with Gasteiger partial charge in [0.1, 0.15) is 11.8 Å². The van der Waals surface area contributed by atoms with Crippen molar-refractivity contribution in [2.45, 2.75) is 44.7 Å². The summed E-state index contributed by atoms with van der Waals surface area (Å²) in [6, 6.07) is 8.07. The zero-order valence-electron chi connectivity index (χ0n) is 19.1. The van der Waals surface area contributed by atoms with Gasteiger partial charge in [-0.2, -0.15) is 0 Å². The molecule has 1 aromatic heterocycles. The molecular weight excluding hydrogens is 436 g/mol. The van der Waals surface area contributed by atoms with Crippen molar-refractivity contribution in [1.82, 2.24) is 15.1 Å². The van der Waals surface area contributed by atoms with E-state index in [9.17, 15) is 19.2 Å². The second-order valence-corrected chi connectivity index (χ2v) is 9.25. The van der Waals surface area contributed by atoms with Crippen LogP contribution in [0.3, 0.4) is 0 Å². The third-order valence-corrected chi connectivity index (χ3v) is 7.14. The Kier molecular flexibility index (Phi) is 5.85. The average Bonchev–Trinajstić information content (AvgIpc) is 3.36. The number of anilines is 1. The summed E-state index contributed by atoms with van der Waals surface area (Å²) in [6.45, 7) is 3.10. The molecule has 0 saturated carbocycles. The quantitative estimate of drug-likeness (QED) is 0.724. The van der Waals surface area contributed by atoms with Crippen LogP contribution in [0.1, 0.15) is 43.0 Å². The van der Waals surface area contributed by atoms with Crippen LogP contribution in [0.2, 0.25) is 0 Å². The molecule has 2 aromatic rings. The summed E-state index contributed by atoms with van der Waals surface area (Å²) in [6.07, 6.45) is 3.81. The fourth-order valence-corrected chi connectivity index (χ4v) is 5.16. The zero-order valence-corrected chi connectivity index (χ0v) is 19.1. The molecule has 9 nitrogen and oxygen atoms in total. The summed E-state index contributed by atoms with van der Waals surface area (Å²) in [7, 11) is 0. The summed E-state index contributed by atoms with van der Waals surface area (Å²) >= 11 is 0. The average molecular weight is 465 g/mol. The number of benzene rings is 1. The highest BCUT2D eigenvalue weighted by molar-refractivity contribution is 6.10. The molecule has 3 aliphatic rings. The van der Waals surface area contributed by atoms with Crippen LogP contribution in [0.25, 0.3) is 11.3 Å². The van der Waals surface area contributed by atoms with E-state index in [4.69, 9.17) is 4.42 Å². The molecule has 2 atom stereocenters. The fourth-order valence-electron chi connectivity index (χ4n) is 5.16. The Morgan fingerprint density at radius 1 is 1.09 bits per heavy atom. The van der Waals surface area contributed by atoms with E-state index in [-0.39, 0.29) is 35.6 Å². The molecule has 0 radical (unpaired) electrons. The van der Waals surface area contributed by atoms with Crippen LogP contribution >= 0.6 is 0 Å². The Balaban J connectivity index is 1.26. The molecule has 0 spiro atoms. The van der Waals surface area contributed by atoms with Crippen molar-refractivity contribution >= 4 is 29.3 Å². The molecule has 2 N–H and O–H groups in total. The molecule has 4 amide bonds. The molecule has 0 aliphatic carbocycles. The lowest BCUT2D eigenvalue weighted by Crippen LogP contribution is -2.55. The van der Waals surface area contributed by atoms with E-state index in [1.807, 2.05) is 12.1 Å². The second kappa shape index (κ2) is 8.96. The number of fused-ring (bicyclic) bond motifs is 2. The normalized spacial score (nSPS) is 23.0. The minimum absolute atomic E-state index is 0.0339. The van der Waals surface area contributed by atoms with Gasteiger partial charge in [-0.05, 0) is 56.0 Å². The predicted octanol–water partition coefficient (Wildman–Crippen LogP) is 2.25. The van der Waals surface area contributed by atoms with Gasteiger partial charge in [0.05, 0.1) is 17.5 Å². The Bertz CT molecular complexity index is 1120. The summed E-state index contributed by atoms with van der Waals surface area (Å²) in [5, 5.41) is 5.99. The van der Waals surface area contributed by atoms with E-state index in [1.165, 1.54) is 0 Å². The number of piperidine rings is 2. The lowest BCUT2D eigenvalue weighted by atomic mass is 9.92. The van der Waals surface area contributed by atoms with E-state index >= 15 is 0 Å². The van der Waals surface area contributed by atoms with Gasteiger partial charge in [0.15, 0.2) is 0 Å². The lowest BCUT2D eigenvalue weighted by molar-refractivity contribution is -0.134. The largest absolute Gasteiger partial charge is 0.464 e. The van der Waals surface area contributed by atoms with Crippen molar-refractivity contribution in [3.05, 3.63) is 42.2 Å². The van der Waals surface area contributed by atoms with E-state index < -0.39 is 6.04 Å². The van der Waals surface area contributed by atoms with Gasteiger partial charge in [0.25, 0.3) is 5.91 Å². The summed E-state index contributed by atoms with van der Waals surface area (Å²) in [5.74, 6) is 0.0708. The van der Waals surface area contributed by atoms with Gasteiger partial charge < -0.3 is 24.9 Å². The van der Waals surface area contributed by atoms with E-state index in [0.717, 1.165) is 5.56 Å². The van der Waals surface area contributed by atoms with Crippen LogP contribution in [0.5, 0.6) is 0 Å². The van der Waals surface area contributed by atoms with E-state index in [0.29, 0.717) is 62.3 Å². The SMILES string of the molecule is CC(=O)N1CCC(C(=O)N[C@@H]2CCN3C(=O)c4cc(-c5ccco5)ccc4NC(=O)[C@@H]3C2)CC1. The van der Waals surface area contributed by atoms with Crippen molar-refractivity contribution in [2.24, 2.45) is 5.92 Å². The predicted molar refractivity (Wildman–Crippen MR) is 124 cm³/mol. The maximum atomic E-state index is 13.4. The molecule has 1 aromatic carbocycles. The minimum atomic E-state index is -0.648. The summed E-state index contributed by atoms with van der Waals surface area (Å²) in [5.41, 5.74) is 1.68. The number of carbonyl (C=O) groups is 4. The third kappa shape index (κ3) is 4.18. The van der Waals surface area contributed by atoms with Gasteiger partial charge >= 0.3 is 0 Å². The molecule has 2 saturated heterocycles. The second-order valence-electron chi connectivity index (χ2n) is 9.25. The molecule has 3 aliphatic heterocycles. The minimum Gasteiger partial charge on any atom is -0.464 e. The number of likely N-dealkylation sites (tertiary alicyclic amines) is 1. The molecule has 0 bridgehead atoms. The highest BCUT2D eigenvalue weighted by atomic mass is 16.3. The van der Waals surface area contributed by atoms with Gasteiger partial charge in [0.2, 0.25) is 17.7 Å². The van der Waals surface area contributed by atoms with E-state index in [1.54, 1.807) is 41.2 Å².